The molecule has 1 aromatic rings. The first-order valence-corrected chi connectivity index (χ1v) is 13.4. The van der Waals surface area contributed by atoms with Crippen LogP contribution in [0.1, 0.15) is 0 Å². The van der Waals surface area contributed by atoms with Crippen molar-refractivity contribution in [1.82, 2.24) is 0 Å². The van der Waals surface area contributed by atoms with Crippen LogP contribution < -0.4 is 5.19 Å². The quantitative estimate of drug-likeness (QED) is 0.598. The fraction of sp³-hybridized carbons (Fsp3) is 0.250. The maximum Gasteiger partial charge on any atom is 0.191 e. The lowest BCUT2D eigenvalue weighted by molar-refractivity contribution is 0.614. The smallest absolute Gasteiger partial charge is 0.191 e. The van der Waals surface area contributed by atoms with Crippen LogP contribution in [0.25, 0.3) is 0 Å². The van der Waals surface area contributed by atoms with Crippen LogP contribution in [0, 0.1) is 0 Å². The Morgan fingerprint density at radius 3 is 2.43 bits per heavy atom. The first-order valence-electron chi connectivity index (χ1n) is 4.93. The lowest BCUT2D eigenvalue weighted by Crippen LogP contribution is -2.36. The highest BCUT2D eigenvalue weighted by Gasteiger charge is 2.10. The third kappa shape index (κ3) is 4.03. The first kappa shape index (κ1) is 12.1. The molecule has 0 spiro atoms. The molecule has 2 unspecified atom stereocenters. The maximum absolute atomic E-state index is 6.02. The summed E-state index contributed by atoms with van der Waals surface area (Å²) >= 11 is 0. The minimum absolute atomic E-state index is 0.342. The van der Waals surface area contributed by atoms with E-state index in [2.05, 4.69) is 43.4 Å². The molecule has 0 heterocycles. The molecule has 1 aromatic carbocycles. The summed E-state index contributed by atoms with van der Waals surface area (Å²) in [5.41, 5.74) is 0. The van der Waals surface area contributed by atoms with E-state index in [0.717, 1.165) is 10.5 Å². The van der Waals surface area contributed by atoms with Gasteiger partial charge in [-0.15, -0.1) is 0 Å². The highest BCUT2D eigenvalue weighted by Crippen LogP contribution is 1.91. The molecule has 0 bridgehead atoms. The topological polar surface area (TPSA) is 18.5 Å². The summed E-state index contributed by atoms with van der Waals surface area (Å²) in [7, 11) is -1.40. The minimum atomic E-state index is -1.10. The van der Waals surface area contributed by atoms with Crippen LogP contribution in [-0.2, 0) is 8.23 Å². The van der Waals surface area contributed by atoms with Crippen LogP contribution in [0.3, 0.4) is 0 Å². The largest absolute Gasteiger partial charge is 0.466 e. The summed E-state index contributed by atoms with van der Waals surface area (Å²) in [5, 5.41) is 1.41. The van der Waals surface area contributed by atoms with Crippen LogP contribution in [0.5, 0.6) is 0 Å². The van der Waals surface area contributed by atoms with Gasteiger partial charge in [0, 0.05) is 0 Å². The van der Waals surface area contributed by atoms with Gasteiger partial charge in [-0.3, -0.25) is 0 Å². The van der Waals surface area contributed by atoms with Crippen molar-refractivity contribution in [2.24, 2.45) is 0 Å². The number of rotatable bonds is 5. The van der Waals surface area contributed by atoms with Gasteiger partial charge in [0.1, 0.15) is 10.5 Å². The molecule has 78 valence electrons. The van der Waals surface area contributed by atoms with E-state index in [9.17, 15) is 0 Å². The van der Waals surface area contributed by atoms with Crippen LogP contribution in [0.15, 0.2) is 30.3 Å². The first-order chi connectivity index (χ1) is 6.74. The fourth-order valence-electron chi connectivity index (χ4n) is 1.17. The van der Waals surface area contributed by atoms with Gasteiger partial charge in [-0.2, -0.15) is 0 Å². The highest BCUT2D eigenvalue weighted by molar-refractivity contribution is 7.08. The van der Waals surface area contributed by atoms with Gasteiger partial charge >= 0.3 is 0 Å². The van der Waals surface area contributed by atoms with Crippen molar-refractivity contribution in [1.29, 1.82) is 0 Å². The van der Waals surface area contributed by atoms with E-state index in [4.69, 9.17) is 8.23 Å². The highest BCUT2D eigenvalue weighted by atomic mass is 29.2. The van der Waals surface area contributed by atoms with Crippen molar-refractivity contribution >= 4 is 42.6 Å². The molecule has 0 N–H and O–H groups in total. The van der Waals surface area contributed by atoms with Crippen LogP contribution in [0.4, 0.5) is 0 Å². The molecular weight excluding hydrogens is 240 g/mol. The summed E-state index contributed by atoms with van der Waals surface area (Å²) in [4.78, 5) is 0. The van der Waals surface area contributed by atoms with Crippen molar-refractivity contribution in [3.8, 4) is 0 Å². The average molecular weight is 259 g/mol. The van der Waals surface area contributed by atoms with Crippen LogP contribution >= 0.6 is 0 Å². The van der Waals surface area contributed by atoms with Gasteiger partial charge in [0.2, 0.25) is 0 Å². The monoisotopic (exact) mass is 258 g/mol. The fourth-order valence-corrected chi connectivity index (χ4v) is 11.7. The predicted octanol–water partition coefficient (Wildman–Crippen LogP) is -1.51. The summed E-state index contributed by atoms with van der Waals surface area (Å²) in [6.07, 6.45) is 0. The molecule has 14 heavy (non-hydrogen) atoms. The second-order valence-corrected chi connectivity index (χ2v) is 15.0. The van der Waals surface area contributed by atoms with Gasteiger partial charge in [-0.1, -0.05) is 36.9 Å². The molecule has 0 amide bonds. The SMILES string of the molecule is C[SiH](O[SiH3])[SiH2]O[SiH](C)c1ccccc1. The zero-order valence-electron chi connectivity index (χ0n) is 9.07. The van der Waals surface area contributed by atoms with Crippen molar-refractivity contribution in [3.05, 3.63) is 30.3 Å². The Balaban J connectivity index is 2.39. The van der Waals surface area contributed by atoms with Gasteiger partial charge in [0.15, 0.2) is 26.9 Å². The lowest BCUT2D eigenvalue weighted by Gasteiger charge is -2.14. The number of hydrogen-bond donors (Lipinski definition) is 0. The second-order valence-electron chi connectivity index (χ2n) is 3.43. The van der Waals surface area contributed by atoms with Crippen molar-refractivity contribution in [2.45, 2.75) is 13.1 Å². The summed E-state index contributed by atoms with van der Waals surface area (Å²) < 4.78 is 11.5. The molecule has 0 aliphatic carbocycles. The van der Waals surface area contributed by atoms with Crippen molar-refractivity contribution in [2.75, 3.05) is 0 Å². The van der Waals surface area contributed by atoms with E-state index >= 15 is 0 Å². The average Bonchev–Trinajstić information content (AvgIpc) is 2.26. The molecule has 2 atom stereocenters. The molecule has 0 saturated heterocycles. The Kier molecular flexibility index (Phi) is 5.59. The van der Waals surface area contributed by atoms with E-state index < -0.39 is 17.6 Å². The zero-order valence-corrected chi connectivity index (χ0v) is 14.8. The number of benzene rings is 1. The van der Waals surface area contributed by atoms with Crippen molar-refractivity contribution in [3.63, 3.8) is 0 Å². The standard InChI is InChI=1S/C8H18O2Si4/c1-13(10-12-14(2)9-11)8-6-4-3-5-7-8/h3-7,13-14H,12H2,1-2,11H3. The zero-order chi connectivity index (χ0) is 10.4. The molecule has 0 fully saturated rings. The summed E-state index contributed by atoms with van der Waals surface area (Å²) in [6.45, 7) is 4.52. The molecule has 2 nitrogen and oxygen atoms in total. The normalized spacial score (nSPS) is 16.1. The molecule has 0 aromatic heterocycles. The Hall–Kier alpha value is 0.00753. The van der Waals surface area contributed by atoms with E-state index in [1.165, 1.54) is 5.19 Å². The van der Waals surface area contributed by atoms with Gasteiger partial charge in [0.25, 0.3) is 0 Å². The lowest BCUT2D eigenvalue weighted by atomic mass is 10.4. The number of hydrogen-bond acceptors (Lipinski definition) is 2. The Bertz CT molecular complexity index is 257. The third-order valence-corrected chi connectivity index (χ3v) is 16.2. The Morgan fingerprint density at radius 2 is 1.86 bits per heavy atom. The minimum Gasteiger partial charge on any atom is -0.466 e. The molecule has 0 aliphatic rings. The third-order valence-electron chi connectivity index (χ3n) is 2.25. The molecule has 0 aliphatic heterocycles. The molecule has 6 heteroatoms. The van der Waals surface area contributed by atoms with Gasteiger partial charge in [0.05, 0.1) is 0 Å². The Morgan fingerprint density at radius 1 is 1.21 bits per heavy atom. The maximum atomic E-state index is 6.02. The van der Waals surface area contributed by atoms with Gasteiger partial charge < -0.3 is 8.23 Å². The Labute approximate surface area is 94.4 Å². The van der Waals surface area contributed by atoms with E-state index in [0.29, 0.717) is 0 Å². The van der Waals surface area contributed by atoms with Crippen molar-refractivity contribution < 1.29 is 8.23 Å². The van der Waals surface area contributed by atoms with E-state index in [1.807, 2.05) is 0 Å². The molecule has 0 radical (unpaired) electrons. The molecule has 1 rings (SSSR count). The van der Waals surface area contributed by atoms with Gasteiger partial charge in [-0.25, -0.2) is 0 Å². The molecular formula is C8H18O2Si4. The van der Waals surface area contributed by atoms with E-state index in [1.54, 1.807) is 0 Å². The molecule has 0 saturated carbocycles. The predicted molar refractivity (Wildman–Crippen MR) is 72.8 cm³/mol. The van der Waals surface area contributed by atoms with E-state index in [-0.39, 0.29) is 9.28 Å². The second kappa shape index (κ2) is 6.48. The van der Waals surface area contributed by atoms with Crippen LogP contribution in [-0.4, -0.2) is 37.4 Å². The van der Waals surface area contributed by atoms with Gasteiger partial charge in [-0.05, 0) is 11.7 Å². The summed E-state index contributed by atoms with van der Waals surface area (Å²) in [5.74, 6) is 0. The summed E-state index contributed by atoms with van der Waals surface area (Å²) in [6, 6.07) is 10.6. The van der Waals surface area contributed by atoms with Crippen LogP contribution in [0.2, 0.25) is 13.1 Å².